The molecule has 2 aromatic carbocycles. The third kappa shape index (κ3) is 6.08. The van der Waals surface area contributed by atoms with Gasteiger partial charge in [-0.1, -0.05) is 44.2 Å². The lowest BCUT2D eigenvalue weighted by Gasteiger charge is -2.30. The molecule has 3 amide bonds. The first-order chi connectivity index (χ1) is 14.0. The standard InChI is InChI=1S/C24H31N3O2/c1-18(2)14-16-27-22-12-11-21(17-20(22)10-13-23(27)28)26-24(29)25-15-6-9-19-7-4-3-5-8-19/h3-5,7-8,11-12,17-18H,6,9-10,13-16H2,1-2H3,(H2,25,26,29). The van der Waals surface area contributed by atoms with Gasteiger partial charge in [0.05, 0.1) is 0 Å². The van der Waals surface area contributed by atoms with E-state index in [-0.39, 0.29) is 11.9 Å². The summed E-state index contributed by atoms with van der Waals surface area (Å²) in [4.78, 5) is 26.4. The number of fused-ring (bicyclic) bond motifs is 1. The van der Waals surface area contributed by atoms with Gasteiger partial charge in [0.25, 0.3) is 0 Å². The highest BCUT2D eigenvalue weighted by Gasteiger charge is 2.24. The van der Waals surface area contributed by atoms with Crippen LogP contribution in [0, 0.1) is 5.92 Å². The van der Waals surface area contributed by atoms with Crippen LogP contribution in [0.15, 0.2) is 48.5 Å². The fraction of sp³-hybridized carbons (Fsp3) is 0.417. The average molecular weight is 394 g/mol. The number of carbonyl (C=O) groups is 2. The number of hydrogen-bond donors (Lipinski definition) is 2. The largest absolute Gasteiger partial charge is 0.338 e. The molecule has 0 bridgehead atoms. The summed E-state index contributed by atoms with van der Waals surface area (Å²) in [6.45, 7) is 5.71. The maximum absolute atomic E-state index is 12.3. The van der Waals surface area contributed by atoms with Crippen molar-refractivity contribution in [3.05, 3.63) is 59.7 Å². The van der Waals surface area contributed by atoms with Gasteiger partial charge in [0.2, 0.25) is 5.91 Å². The van der Waals surface area contributed by atoms with Crippen LogP contribution in [0.5, 0.6) is 0 Å². The third-order valence-electron chi connectivity index (χ3n) is 5.24. The minimum absolute atomic E-state index is 0.190. The van der Waals surface area contributed by atoms with Crippen molar-refractivity contribution in [2.75, 3.05) is 23.3 Å². The molecule has 0 atom stereocenters. The molecule has 0 saturated carbocycles. The van der Waals surface area contributed by atoms with Crippen molar-refractivity contribution in [1.82, 2.24) is 5.32 Å². The van der Waals surface area contributed by atoms with Gasteiger partial charge in [-0.25, -0.2) is 4.79 Å². The molecule has 0 spiro atoms. The SMILES string of the molecule is CC(C)CCN1C(=O)CCc2cc(NC(=O)NCCCc3ccccc3)ccc21. The van der Waals surface area contributed by atoms with E-state index in [1.807, 2.05) is 41.3 Å². The van der Waals surface area contributed by atoms with E-state index in [0.29, 0.717) is 18.9 Å². The summed E-state index contributed by atoms with van der Waals surface area (Å²) >= 11 is 0. The number of amides is 3. The summed E-state index contributed by atoms with van der Waals surface area (Å²) in [5.74, 6) is 0.745. The Morgan fingerprint density at radius 1 is 1.10 bits per heavy atom. The molecule has 1 heterocycles. The minimum Gasteiger partial charge on any atom is -0.338 e. The maximum atomic E-state index is 12.3. The van der Waals surface area contributed by atoms with Gasteiger partial charge in [0.1, 0.15) is 0 Å². The molecule has 5 nitrogen and oxygen atoms in total. The fourth-order valence-corrected chi connectivity index (χ4v) is 3.58. The zero-order chi connectivity index (χ0) is 20.6. The van der Waals surface area contributed by atoms with Crippen molar-refractivity contribution in [3.8, 4) is 0 Å². The van der Waals surface area contributed by atoms with Gasteiger partial charge in [-0.3, -0.25) is 4.79 Å². The minimum atomic E-state index is -0.193. The first-order valence-electron chi connectivity index (χ1n) is 10.5. The molecule has 0 aromatic heterocycles. The number of aryl methyl sites for hydroxylation is 2. The summed E-state index contributed by atoms with van der Waals surface area (Å²) in [6, 6.07) is 15.9. The smallest absolute Gasteiger partial charge is 0.319 e. The predicted octanol–water partition coefficient (Wildman–Crippen LogP) is 4.77. The van der Waals surface area contributed by atoms with Gasteiger partial charge in [-0.05, 0) is 60.9 Å². The van der Waals surface area contributed by atoms with Crippen molar-refractivity contribution in [2.45, 2.75) is 46.0 Å². The summed E-state index contributed by atoms with van der Waals surface area (Å²) < 4.78 is 0. The second-order valence-electron chi connectivity index (χ2n) is 8.04. The van der Waals surface area contributed by atoms with Crippen molar-refractivity contribution in [3.63, 3.8) is 0 Å². The first kappa shape index (κ1) is 20.9. The molecule has 3 rings (SSSR count). The Hall–Kier alpha value is -2.82. The topological polar surface area (TPSA) is 61.4 Å². The highest BCUT2D eigenvalue weighted by atomic mass is 16.2. The number of hydrogen-bond acceptors (Lipinski definition) is 2. The number of nitrogens with zero attached hydrogens (tertiary/aromatic N) is 1. The second kappa shape index (κ2) is 10.1. The molecule has 29 heavy (non-hydrogen) atoms. The lowest BCUT2D eigenvalue weighted by Crippen LogP contribution is -2.36. The van der Waals surface area contributed by atoms with E-state index in [9.17, 15) is 9.59 Å². The Morgan fingerprint density at radius 2 is 1.90 bits per heavy atom. The predicted molar refractivity (Wildman–Crippen MR) is 118 cm³/mol. The van der Waals surface area contributed by atoms with Crippen LogP contribution in [0.1, 0.15) is 44.2 Å². The number of rotatable bonds is 8. The van der Waals surface area contributed by atoms with Gasteiger partial charge >= 0.3 is 6.03 Å². The molecule has 1 aliphatic heterocycles. The maximum Gasteiger partial charge on any atom is 0.319 e. The molecule has 0 fully saturated rings. The lowest BCUT2D eigenvalue weighted by atomic mass is 9.99. The normalized spacial score (nSPS) is 13.3. The molecule has 0 aliphatic carbocycles. The van der Waals surface area contributed by atoms with Gasteiger partial charge in [0, 0.05) is 30.9 Å². The molecular weight excluding hydrogens is 362 g/mol. The zero-order valence-corrected chi connectivity index (χ0v) is 17.4. The monoisotopic (exact) mass is 393 g/mol. The van der Waals surface area contributed by atoms with Crippen LogP contribution in [0.25, 0.3) is 0 Å². The van der Waals surface area contributed by atoms with Crippen LogP contribution in [-0.2, 0) is 17.6 Å². The summed E-state index contributed by atoms with van der Waals surface area (Å²) in [7, 11) is 0. The van der Waals surface area contributed by atoms with Gasteiger partial charge in [0.15, 0.2) is 0 Å². The van der Waals surface area contributed by atoms with E-state index < -0.39 is 0 Å². The Balaban J connectivity index is 1.51. The zero-order valence-electron chi connectivity index (χ0n) is 17.4. The lowest BCUT2D eigenvalue weighted by molar-refractivity contribution is -0.118. The highest BCUT2D eigenvalue weighted by molar-refractivity contribution is 5.97. The quantitative estimate of drug-likeness (QED) is 0.635. The van der Waals surface area contributed by atoms with E-state index in [4.69, 9.17) is 0 Å². The Labute approximate surface area is 173 Å². The molecule has 0 saturated heterocycles. The van der Waals surface area contributed by atoms with Crippen molar-refractivity contribution < 1.29 is 9.59 Å². The number of benzene rings is 2. The van der Waals surface area contributed by atoms with E-state index in [1.165, 1.54) is 5.56 Å². The molecule has 2 N–H and O–H groups in total. The molecule has 154 valence electrons. The number of carbonyl (C=O) groups excluding carboxylic acids is 2. The molecule has 0 unspecified atom stereocenters. The Morgan fingerprint density at radius 3 is 2.66 bits per heavy atom. The van der Waals surface area contributed by atoms with Crippen LogP contribution >= 0.6 is 0 Å². The first-order valence-corrected chi connectivity index (χ1v) is 10.5. The number of anilines is 2. The summed E-state index contributed by atoms with van der Waals surface area (Å²) in [6.07, 6.45) is 4.08. The molecule has 2 aromatic rings. The Kier molecular flexibility index (Phi) is 7.28. The van der Waals surface area contributed by atoms with Crippen molar-refractivity contribution in [1.29, 1.82) is 0 Å². The summed E-state index contributed by atoms with van der Waals surface area (Å²) in [5.41, 5.74) is 4.15. The molecule has 5 heteroatoms. The van der Waals surface area contributed by atoms with Crippen molar-refractivity contribution >= 4 is 23.3 Å². The van der Waals surface area contributed by atoms with E-state index in [1.54, 1.807) is 0 Å². The van der Waals surface area contributed by atoms with Crippen LogP contribution in [0.3, 0.4) is 0 Å². The molecule has 1 aliphatic rings. The van der Waals surface area contributed by atoms with Crippen LogP contribution in [0.4, 0.5) is 16.2 Å². The van der Waals surface area contributed by atoms with E-state index in [2.05, 4.69) is 36.6 Å². The fourth-order valence-electron chi connectivity index (χ4n) is 3.58. The highest BCUT2D eigenvalue weighted by Crippen LogP contribution is 2.30. The van der Waals surface area contributed by atoms with E-state index in [0.717, 1.165) is 49.2 Å². The molecular formula is C24H31N3O2. The van der Waals surface area contributed by atoms with Crippen LogP contribution < -0.4 is 15.5 Å². The van der Waals surface area contributed by atoms with Crippen LogP contribution in [-0.4, -0.2) is 25.0 Å². The Bertz CT molecular complexity index is 833. The van der Waals surface area contributed by atoms with Gasteiger partial charge < -0.3 is 15.5 Å². The molecule has 0 radical (unpaired) electrons. The van der Waals surface area contributed by atoms with Crippen LogP contribution in [0.2, 0.25) is 0 Å². The average Bonchev–Trinajstić information content (AvgIpc) is 2.71. The summed E-state index contributed by atoms with van der Waals surface area (Å²) in [5, 5.41) is 5.83. The van der Waals surface area contributed by atoms with Gasteiger partial charge in [-0.15, -0.1) is 0 Å². The number of urea groups is 1. The van der Waals surface area contributed by atoms with Gasteiger partial charge in [-0.2, -0.15) is 0 Å². The second-order valence-corrected chi connectivity index (χ2v) is 8.04. The third-order valence-corrected chi connectivity index (χ3v) is 5.24. The number of nitrogens with one attached hydrogen (secondary N) is 2. The van der Waals surface area contributed by atoms with Crippen molar-refractivity contribution in [2.24, 2.45) is 5.92 Å². The van der Waals surface area contributed by atoms with E-state index >= 15 is 0 Å².